The number of aromatic nitrogens is 1. The van der Waals surface area contributed by atoms with Gasteiger partial charge in [0.1, 0.15) is 5.69 Å². The number of hydrogen-bond acceptors (Lipinski definition) is 2. The summed E-state index contributed by atoms with van der Waals surface area (Å²) < 4.78 is 0. The fraction of sp³-hybridized carbons (Fsp3) is 0.583. The van der Waals surface area contributed by atoms with Crippen LogP contribution < -0.4 is 5.32 Å². The van der Waals surface area contributed by atoms with Crippen LogP contribution in [0.3, 0.4) is 0 Å². The van der Waals surface area contributed by atoms with Crippen molar-refractivity contribution in [2.24, 2.45) is 11.8 Å². The van der Waals surface area contributed by atoms with E-state index in [2.05, 4.69) is 17.2 Å². The molecule has 0 spiro atoms. The van der Waals surface area contributed by atoms with Crippen LogP contribution >= 0.6 is 0 Å². The lowest BCUT2D eigenvalue weighted by atomic mass is 9.84. The number of aromatic amines is 1. The van der Waals surface area contributed by atoms with Crippen molar-refractivity contribution in [1.29, 1.82) is 0 Å². The average molecular weight is 396 g/mol. The van der Waals surface area contributed by atoms with Gasteiger partial charge < -0.3 is 15.2 Å². The minimum absolute atomic E-state index is 0.0172. The van der Waals surface area contributed by atoms with Gasteiger partial charge in [0.25, 0.3) is 5.91 Å². The number of carbonyl (C=O) groups excluding carboxylic acids is 2. The van der Waals surface area contributed by atoms with Gasteiger partial charge in [0.05, 0.1) is 0 Å². The Morgan fingerprint density at radius 2 is 1.72 bits per heavy atom. The summed E-state index contributed by atoms with van der Waals surface area (Å²) >= 11 is 0. The number of benzene rings is 1. The first-order chi connectivity index (χ1) is 14.1. The van der Waals surface area contributed by atoms with Crippen molar-refractivity contribution in [2.45, 2.75) is 64.3 Å². The van der Waals surface area contributed by atoms with E-state index in [1.54, 1.807) is 0 Å². The lowest BCUT2D eigenvalue weighted by Gasteiger charge is -2.34. The van der Waals surface area contributed by atoms with Gasteiger partial charge >= 0.3 is 0 Å². The predicted molar refractivity (Wildman–Crippen MR) is 116 cm³/mol. The molecule has 1 saturated carbocycles. The minimum Gasteiger partial charge on any atom is -0.353 e. The van der Waals surface area contributed by atoms with Crippen molar-refractivity contribution < 1.29 is 9.59 Å². The molecule has 29 heavy (non-hydrogen) atoms. The number of piperidine rings is 1. The molecule has 2 heterocycles. The molecule has 1 saturated heterocycles. The standard InChI is InChI=1S/C24H33N3O2/c1-17(23(28)25-20-9-4-2-3-5-10-20)18-12-14-27(15-13-18)24(29)22-16-19-8-6-7-11-21(19)26-22/h6-8,11,16-18,20,26H,2-5,9-10,12-15H2,1H3,(H,25,28)/t17-/m1/s1. The number of likely N-dealkylation sites (tertiary alicyclic amines) is 1. The van der Waals surface area contributed by atoms with Gasteiger partial charge in [-0.25, -0.2) is 0 Å². The number of amides is 2. The Morgan fingerprint density at radius 3 is 2.41 bits per heavy atom. The molecule has 1 aromatic carbocycles. The van der Waals surface area contributed by atoms with Crippen molar-refractivity contribution >= 4 is 22.7 Å². The summed E-state index contributed by atoms with van der Waals surface area (Å²) in [5.74, 6) is 0.642. The zero-order chi connectivity index (χ0) is 20.2. The number of fused-ring (bicyclic) bond motifs is 1. The minimum atomic E-state index is 0.0172. The van der Waals surface area contributed by atoms with Crippen LogP contribution in [0.1, 0.15) is 68.8 Å². The quantitative estimate of drug-likeness (QED) is 0.749. The summed E-state index contributed by atoms with van der Waals surface area (Å²) in [4.78, 5) is 30.8. The molecule has 1 aromatic heterocycles. The Balaban J connectivity index is 1.30. The first-order valence-electron chi connectivity index (χ1n) is 11.3. The third-order valence-electron chi connectivity index (χ3n) is 6.91. The van der Waals surface area contributed by atoms with E-state index in [0.717, 1.165) is 49.7 Å². The summed E-state index contributed by atoms with van der Waals surface area (Å²) in [5.41, 5.74) is 1.65. The largest absolute Gasteiger partial charge is 0.353 e. The Bertz CT molecular complexity index is 810. The van der Waals surface area contributed by atoms with Crippen LogP contribution in [0.4, 0.5) is 0 Å². The summed E-state index contributed by atoms with van der Waals surface area (Å²) in [6.45, 7) is 3.51. The first-order valence-corrected chi connectivity index (χ1v) is 11.3. The monoisotopic (exact) mass is 395 g/mol. The van der Waals surface area contributed by atoms with Crippen molar-refractivity contribution in [3.05, 3.63) is 36.0 Å². The highest BCUT2D eigenvalue weighted by atomic mass is 16.2. The molecule has 1 aliphatic heterocycles. The maximum atomic E-state index is 12.9. The fourth-order valence-corrected chi connectivity index (χ4v) is 4.93. The van der Waals surface area contributed by atoms with Crippen molar-refractivity contribution in [3.63, 3.8) is 0 Å². The second kappa shape index (κ2) is 9.02. The molecule has 2 amide bonds. The van der Waals surface area contributed by atoms with Crippen LogP contribution in [0.15, 0.2) is 30.3 Å². The van der Waals surface area contributed by atoms with Gasteiger partial charge in [0.15, 0.2) is 0 Å². The topological polar surface area (TPSA) is 65.2 Å². The number of nitrogens with one attached hydrogen (secondary N) is 2. The van der Waals surface area contributed by atoms with E-state index in [9.17, 15) is 9.59 Å². The number of H-pyrrole nitrogens is 1. The second-order valence-corrected chi connectivity index (χ2v) is 8.89. The number of carbonyl (C=O) groups is 2. The summed E-state index contributed by atoms with van der Waals surface area (Å²) in [6, 6.07) is 10.3. The molecule has 1 atom stereocenters. The van der Waals surface area contributed by atoms with Crippen LogP contribution in [0.2, 0.25) is 0 Å². The summed E-state index contributed by atoms with van der Waals surface area (Å²) in [5, 5.41) is 4.37. The van der Waals surface area contributed by atoms with Gasteiger partial charge in [-0.1, -0.05) is 50.8 Å². The number of rotatable bonds is 4. The highest BCUT2D eigenvalue weighted by molar-refractivity contribution is 5.98. The highest BCUT2D eigenvalue weighted by Crippen LogP contribution is 2.27. The lowest BCUT2D eigenvalue weighted by molar-refractivity contribution is -0.127. The van der Waals surface area contributed by atoms with Crippen LogP contribution in [0, 0.1) is 11.8 Å². The van der Waals surface area contributed by atoms with Gasteiger partial charge in [-0.3, -0.25) is 9.59 Å². The van der Waals surface area contributed by atoms with Crippen LogP contribution in [0.25, 0.3) is 10.9 Å². The zero-order valence-corrected chi connectivity index (χ0v) is 17.5. The van der Waals surface area contributed by atoms with Gasteiger partial charge in [-0.05, 0) is 43.7 Å². The maximum absolute atomic E-state index is 12.9. The zero-order valence-electron chi connectivity index (χ0n) is 17.5. The van der Waals surface area contributed by atoms with Crippen molar-refractivity contribution in [2.75, 3.05) is 13.1 Å². The molecule has 5 heteroatoms. The average Bonchev–Trinajstić information content (AvgIpc) is 3.03. The molecule has 4 rings (SSSR count). The van der Waals surface area contributed by atoms with Crippen LogP contribution in [0.5, 0.6) is 0 Å². The van der Waals surface area contributed by atoms with E-state index < -0.39 is 0 Å². The van der Waals surface area contributed by atoms with Gasteiger partial charge in [-0.15, -0.1) is 0 Å². The third-order valence-corrected chi connectivity index (χ3v) is 6.91. The molecular formula is C24H33N3O2. The molecule has 156 valence electrons. The molecule has 2 aliphatic rings. The van der Waals surface area contributed by atoms with E-state index in [1.165, 1.54) is 25.7 Å². The summed E-state index contributed by atoms with van der Waals surface area (Å²) in [6.07, 6.45) is 9.08. The second-order valence-electron chi connectivity index (χ2n) is 8.89. The SMILES string of the molecule is C[C@@H](C(=O)NC1CCCCCC1)C1CCN(C(=O)c2cc3ccccc3[nH]2)CC1. The van der Waals surface area contributed by atoms with E-state index in [4.69, 9.17) is 0 Å². The highest BCUT2D eigenvalue weighted by Gasteiger charge is 2.31. The summed E-state index contributed by atoms with van der Waals surface area (Å²) in [7, 11) is 0. The fourth-order valence-electron chi connectivity index (χ4n) is 4.93. The van der Waals surface area contributed by atoms with Crippen LogP contribution in [-0.4, -0.2) is 40.8 Å². The van der Waals surface area contributed by atoms with E-state index in [-0.39, 0.29) is 17.7 Å². The van der Waals surface area contributed by atoms with Crippen molar-refractivity contribution in [1.82, 2.24) is 15.2 Å². The van der Waals surface area contributed by atoms with E-state index >= 15 is 0 Å². The predicted octanol–water partition coefficient (Wildman–Crippen LogP) is 4.50. The van der Waals surface area contributed by atoms with E-state index in [0.29, 0.717) is 17.7 Å². The first kappa shape index (κ1) is 20.0. The van der Waals surface area contributed by atoms with Gasteiger partial charge in [0, 0.05) is 36.0 Å². The Labute approximate surface area is 173 Å². The molecule has 1 aliphatic carbocycles. The molecule has 0 bridgehead atoms. The van der Waals surface area contributed by atoms with Gasteiger partial charge in [-0.2, -0.15) is 0 Å². The molecule has 2 N–H and O–H groups in total. The third kappa shape index (κ3) is 4.65. The Kier molecular flexibility index (Phi) is 6.22. The lowest BCUT2D eigenvalue weighted by Crippen LogP contribution is -2.44. The molecule has 0 radical (unpaired) electrons. The van der Waals surface area contributed by atoms with E-state index in [1.807, 2.05) is 35.2 Å². The number of hydrogen-bond donors (Lipinski definition) is 2. The molecule has 5 nitrogen and oxygen atoms in total. The van der Waals surface area contributed by atoms with Gasteiger partial charge in [0.2, 0.25) is 5.91 Å². The normalized spacial score (nSPS) is 20.4. The van der Waals surface area contributed by atoms with Crippen LogP contribution in [-0.2, 0) is 4.79 Å². The smallest absolute Gasteiger partial charge is 0.270 e. The molecule has 2 aromatic rings. The number of para-hydroxylation sites is 1. The molecule has 0 unspecified atom stereocenters. The van der Waals surface area contributed by atoms with Crippen molar-refractivity contribution in [3.8, 4) is 0 Å². The Morgan fingerprint density at radius 1 is 1.03 bits per heavy atom. The number of nitrogens with zero attached hydrogens (tertiary/aromatic N) is 1. The Hall–Kier alpha value is -2.30. The molecular weight excluding hydrogens is 362 g/mol. The maximum Gasteiger partial charge on any atom is 0.270 e. The molecule has 2 fully saturated rings.